The first-order valence-electron chi connectivity index (χ1n) is 8.07. The summed E-state index contributed by atoms with van der Waals surface area (Å²) < 4.78 is 18.2. The molecule has 0 radical (unpaired) electrons. The Morgan fingerprint density at radius 2 is 2.00 bits per heavy atom. The van der Waals surface area contributed by atoms with E-state index in [0.29, 0.717) is 37.7 Å². The van der Waals surface area contributed by atoms with E-state index >= 15 is 0 Å². The molecule has 5 heteroatoms. The molecule has 0 bridgehead atoms. The zero-order valence-corrected chi connectivity index (χ0v) is 12.9. The Balaban J connectivity index is 1.64. The van der Waals surface area contributed by atoms with Crippen molar-refractivity contribution in [3.63, 3.8) is 0 Å². The van der Waals surface area contributed by atoms with Gasteiger partial charge in [0.25, 0.3) is 0 Å². The predicted octanol–water partition coefficient (Wildman–Crippen LogP) is 2.62. The monoisotopic (exact) mass is 308 g/mol. The number of nitrogens with one attached hydrogen (secondary N) is 1. The molecular formula is C17H25FN2O2. The summed E-state index contributed by atoms with van der Waals surface area (Å²) in [6, 6.07) is 6.12. The summed E-state index contributed by atoms with van der Waals surface area (Å²) in [5.74, 6) is 0.812. The van der Waals surface area contributed by atoms with Crippen molar-refractivity contribution in [1.82, 2.24) is 5.32 Å². The quantitative estimate of drug-likeness (QED) is 0.761. The number of hydrogen-bond acceptors (Lipinski definition) is 3. The molecule has 0 spiro atoms. The molecule has 0 aromatic heterocycles. The Bertz CT molecular complexity index is 464. The van der Waals surface area contributed by atoms with E-state index in [0.717, 1.165) is 19.3 Å². The van der Waals surface area contributed by atoms with Gasteiger partial charge in [-0.1, -0.05) is 12.8 Å². The lowest BCUT2D eigenvalue weighted by Crippen LogP contribution is -2.44. The van der Waals surface area contributed by atoms with Gasteiger partial charge in [-0.3, -0.25) is 4.79 Å². The summed E-state index contributed by atoms with van der Waals surface area (Å²) in [4.78, 5) is 12.0. The number of amides is 1. The Morgan fingerprint density at radius 3 is 2.73 bits per heavy atom. The van der Waals surface area contributed by atoms with E-state index < -0.39 is 0 Å². The van der Waals surface area contributed by atoms with Crippen LogP contribution in [0.3, 0.4) is 0 Å². The number of hydrogen-bond donors (Lipinski definition) is 2. The smallest absolute Gasteiger partial charge is 0.220 e. The van der Waals surface area contributed by atoms with Gasteiger partial charge in [-0.25, -0.2) is 4.39 Å². The van der Waals surface area contributed by atoms with Gasteiger partial charge >= 0.3 is 0 Å². The normalized spacial score (nSPS) is 21.4. The number of ether oxygens (including phenoxy) is 1. The largest absolute Gasteiger partial charge is 0.494 e. The minimum absolute atomic E-state index is 0.0630. The van der Waals surface area contributed by atoms with Crippen LogP contribution in [0.5, 0.6) is 5.75 Å². The molecule has 1 fully saturated rings. The van der Waals surface area contributed by atoms with Crippen molar-refractivity contribution >= 4 is 5.91 Å². The molecule has 22 heavy (non-hydrogen) atoms. The molecular weight excluding hydrogens is 283 g/mol. The summed E-state index contributed by atoms with van der Waals surface area (Å²) in [5.41, 5.74) is 5.77. The summed E-state index contributed by atoms with van der Waals surface area (Å²) in [6.45, 7) is 1.09. The number of carbonyl (C=O) groups excluding carboxylic acids is 1. The fourth-order valence-electron chi connectivity index (χ4n) is 2.91. The highest BCUT2D eigenvalue weighted by molar-refractivity contribution is 5.76. The maximum absolute atomic E-state index is 12.7. The predicted molar refractivity (Wildman–Crippen MR) is 84.1 cm³/mol. The lowest BCUT2D eigenvalue weighted by molar-refractivity contribution is -0.122. The van der Waals surface area contributed by atoms with Gasteiger partial charge in [0.1, 0.15) is 11.6 Å². The van der Waals surface area contributed by atoms with Gasteiger partial charge in [-0.2, -0.15) is 0 Å². The third kappa shape index (κ3) is 5.30. The van der Waals surface area contributed by atoms with Crippen LogP contribution in [-0.2, 0) is 4.79 Å². The first kappa shape index (κ1) is 16.7. The zero-order chi connectivity index (χ0) is 15.8. The average Bonchev–Trinajstić information content (AvgIpc) is 2.54. The highest BCUT2D eigenvalue weighted by Gasteiger charge is 2.24. The number of halogens is 1. The van der Waals surface area contributed by atoms with Crippen molar-refractivity contribution in [2.45, 2.75) is 44.6 Å². The second kappa shape index (κ2) is 8.73. The van der Waals surface area contributed by atoms with E-state index in [9.17, 15) is 9.18 Å². The summed E-state index contributed by atoms with van der Waals surface area (Å²) in [6.07, 6.45) is 5.59. The zero-order valence-electron chi connectivity index (χ0n) is 12.9. The molecule has 3 N–H and O–H groups in total. The molecule has 1 saturated carbocycles. The molecule has 1 aromatic carbocycles. The molecule has 122 valence electrons. The van der Waals surface area contributed by atoms with Crippen LogP contribution in [0.4, 0.5) is 4.39 Å². The lowest BCUT2D eigenvalue weighted by Gasteiger charge is -2.31. The van der Waals surface area contributed by atoms with E-state index in [1.165, 1.54) is 18.6 Å². The van der Waals surface area contributed by atoms with Gasteiger partial charge in [-0.05, 0) is 56.0 Å². The standard InChI is InChI=1S/C17H25FN2O2/c18-14-7-9-15(10-8-14)22-11-3-6-17(21)20-16-5-2-1-4-13(16)12-19/h7-10,13,16H,1-6,11-12,19H2,(H,20,21). The average molecular weight is 308 g/mol. The summed E-state index contributed by atoms with van der Waals surface area (Å²) >= 11 is 0. The van der Waals surface area contributed by atoms with Gasteiger partial charge < -0.3 is 15.8 Å². The SMILES string of the molecule is NCC1CCCCC1NC(=O)CCCOc1ccc(F)cc1. The van der Waals surface area contributed by atoms with Crippen LogP contribution in [0.2, 0.25) is 0 Å². The van der Waals surface area contributed by atoms with Gasteiger partial charge in [0.15, 0.2) is 0 Å². The Morgan fingerprint density at radius 1 is 1.27 bits per heavy atom. The van der Waals surface area contributed by atoms with E-state index in [-0.39, 0.29) is 17.8 Å². The molecule has 4 nitrogen and oxygen atoms in total. The summed E-state index contributed by atoms with van der Waals surface area (Å²) in [5, 5.41) is 3.10. The van der Waals surface area contributed by atoms with Crippen molar-refractivity contribution in [3.05, 3.63) is 30.1 Å². The van der Waals surface area contributed by atoms with E-state index in [1.54, 1.807) is 12.1 Å². The van der Waals surface area contributed by atoms with Crippen LogP contribution in [0.1, 0.15) is 38.5 Å². The van der Waals surface area contributed by atoms with E-state index in [1.807, 2.05) is 0 Å². The van der Waals surface area contributed by atoms with Crippen molar-refractivity contribution in [3.8, 4) is 5.75 Å². The van der Waals surface area contributed by atoms with Crippen molar-refractivity contribution in [2.75, 3.05) is 13.2 Å². The van der Waals surface area contributed by atoms with Crippen LogP contribution in [0.25, 0.3) is 0 Å². The molecule has 0 heterocycles. The van der Waals surface area contributed by atoms with Crippen LogP contribution < -0.4 is 15.8 Å². The van der Waals surface area contributed by atoms with Gasteiger partial charge in [0.05, 0.1) is 6.61 Å². The minimum atomic E-state index is -0.284. The second-order valence-electron chi connectivity index (χ2n) is 5.86. The van der Waals surface area contributed by atoms with E-state index in [2.05, 4.69) is 5.32 Å². The third-order valence-corrected chi connectivity index (χ3v) is 4.19. The maximum Gasteiger partial charge on any atom is 0.220 e. The second-order valence-corrected chi connectivity index (χ2v) is 5.86. The summed E-state index contributed by atoms with van der Waals surface area (Å²) in [7, 11) is 0. The van der Waals surface area contributed by atoms with Gasteiger partial charge in [-0.15, -0.1) is 0 Å². The fourth-order valence-corrected chi connectivity index (χ4v) is 2.91. The van der Waals surface area contributed by atoms with E-state index in [4.69, 9.17) is 10.5 Å². The van der Waals surface area contributed by atoms with Crippen LogP contribution >= 0.6 is 0 Å². The Hall–Kier alpha value is -1.62. The molecule has 1 aliphatic rings. The Labute approximate surface area is 131 Å². The van der Waals surface area contributed by atoms with Crippen LogP contribution in [0, 0.1) is 11.7 Å². The van der Waals surface area contributed by atoms with Crippen molar-refractivity contribution < 1.29 is 13.9 Å². The highest BCUT2D eigenvalue weighted by Crippen LogP contribution is 2.23. The number of carbonyl (C=O) groups is 1. The van der Waals surface area contributed by atoms with Crippen molar-refractivity contribution in [2.24, 2.45) is 11.7 Å². The maximum atomic E-state index is 12.7. The fraction of sp³-hybridized carbons (Fsp3) is 0.588. The molecule has 1 aromatic rings. The Kier molecular flexibility index (Phi) is 6.65. The first-order valence-corrected chi connectivity index (χ1v) is 8.07. The van der Waals surface area contributed by atoms with Gasteiger partial charge in [0.2, 0.25) is 5.91 Å². The molecule has 1 amide bonds. The number of nitrogens with two attached hydrogens (primary N) is 1. The molecule has 2 rings (SSSR count). The molecule has 1 aliphatic carbocycles. The third-order valence-electron chi connectivity index (χ3n) is 4.19. The minimum Gasteiger partial charge on any atom is -0.494 e. The van der Waals surface area contributed by atoms with Crippen LogP contribution in [-0.4, -0.2) is 25.1 Å². The van der Waals surface area contributed by atoms with Crippen molar-refractivity contribution in [1.29, 1.82) is 0 Å². The van der Waals surface area contributed by atoms with Gasteiger partial charge in [0, 0.05) is 12.5 Å². The highest BCUT2D eigenvalue weighted by atomic mass is 19.1. The topological polar surface area (TPSA) is 64.3 Å². The molecule has 0 saturated heterocycles. The van der Waals surface area contributed by atoms with Crippen LogP contribution in [0.15, 0.2) is 24.3 Å². The molecule has 2 unspecified atom stereocenters. The lowest BCUT2D eigenvalue weighted by atomic mass is 9.84. The number of benzene rings is 1. The number of rotatable bonds is 7. The first-order chi connectivity index (χ1) is 10.7. The molecule has 2 atom stereocenters. The molecule has 0 aliphatic heterocycles.